The van der Waals surface area contributed by atoms with E-state index in [2.05, 4.69) is 58.7 Å². The van der Waals surface area contributed by atoms with Crippen molar-refractivity contribution >= 4 is 29.0 Å². The van der Waals surface area contributed by atoms with Gasteiger partial charge in [-0.1, -0.05) is 77.9 Å². The van der Waals surface area contributed by atoms with Crippen LogP contribution in [0.25, 0.3) is 0 Å². The lowest BCUT2D eigenvalue weighted by Crippen LogP contribution is -2.24. The fourth-order valence-electron chi connectivity index (χ4n) is 3.60. The lowest BCUT2D eigenvalue weighted by Gasteiger charge is -2.30. The van der Waals surface area contributed by atoms with E-state index in [1.54, 1.807) is 6.21 Å². The third kappa shape index (κ3) is 6.89. The molecule has 1 unspecified atom stereocenters. The summed E-state index contributed by atoms with van der Waals surface area (Å²) in [5.41, 5.74) is 3.17. The number of aliphatic imine (C=N–C) groups is 1. The predicted octanol–water partition coefficient (Wildman–Crippen LogP) is 8.34. The topological polar surface area (TPSA) is 47.9 Å². The molecular formula is C30H37NO3S. The van der Waals surface area contributed by atoms with Crippen LogP contribution in [0.4, 0.5) is 5.69 Å². The molecule has 5 heteroatoms. The Labute approximate surface area is 214 Å². The third-order valence-electron chi connectivity index (χ3n) is 6.91. The summed E-state index contributed by atoms with van der Waals surface area (Å²) in [6.07, 6.45) is 3.66. The highest BCUT2D eigenvalue weighted by Gasteiger charge is 2.27. The minimum absolute atomic E-state index is 0.0302. The molecule has 3 rings (SSSR count). The van der Waals surface area contributed by atoms with Gasteiger partial charge in [-0.3, -0.25) is 9.79 Å². The first-order valence-electron chi connectivity index (χ1n) is 12.3. The van der Waals surface area contributed by atoms with Gasteiger partial charge in [-0.25, -0.2) is 0 Å². The number of hydrogen-bond donors (Lipinski definition) is 0. The number of hydrogen-bond acceptors (Lipinski definition) is 5. The van der Waals surface area contributed by atoms with E-state index in [1.165, 1.54) is 16.9 Å². The molecule has 2 aromatic carbocycles. The van der Waals surface area contributed by atoms with Gasteiger partial charge in [-0.05, 0) is 58.9 Å². The van der Waals surface area contributed by atoms with E-state index in [4.69, 9.17) is 9.78 Å². The van der Waals surface area contributed by atoms with Crippen LogP contribution in [0.1, 0.15) is 75.2 Å². The molecular weight excluding hydrogens is 454 g/mol. The van der Waals surface area contributed by atoms with E-state index in [0.29, 0.717) is 10.6 Å². The van der Waals surface area contributed by atoms with Crippen LogP contribution in [0.5, 0.6) is 5.75 Å². The van der Waals surface area contributed by atoms with E-state index in [-0.39, 0.29) is 23.2 Å². The summed E-state index contributed by atoms with van der Waals surface area (Å²) in [6.45, 7) is 13.4. The van der Waals surface area contributed by atoms with Gasteiger partial charge in [0.25, 0.3) is 0 Å². The Bertz CT molecular complexity index is 1120. The van der Waals surface area contributed by atoms with Crippen molar-refractivity contribution in [3.8, 4) is 5.75 Å². The maximum Gasteiger partial charge on any atom is 0.183 e. The Balaban J connectivity index is 1.81. The zero-order valence-electron chi connectivity index (χ0n) is 21.7. The number of Topliss-reactive ketones (excluding diaryl/α,β-unsaturated/α-hetero) is 1. The Morgan fingerprint density at radius 2 is 1.69 bits per heavy atom. The van der Waals surface area contributed by atoms with Crippen molar-refractivity contribution in [2.75, 3.05) is 6.61 Å². The molecule has 0 aliphatic heterocycles. The normalized spacial score (nSPS) is 13.2. The highest BCUT2D eigenvalue weighted by atomic mass is 32.1. The van der Waals surface area contributed by atoms with Gasteiger partial charge in [0.1, 0.15) is 6.61 Å². The van der Waals surface area contributed by atoms with E-state index < -0.39 is 5.92 Å². The Kier molecular flexibility index (Phi) is 9.03. The molecule has 3 aromatic rings. The van der Waals surface area contributed by atoms with Crippen molar-refractivity contribution in [3.05, 3.63) is 82.0 Å². The number of nitrogens with zero attached hydrogens (tertiary/aromatic N) is 1. The number of benzene rings is 2. The number of thiophene rings is 1. The second kappa shape index (κ2) is 11.8. The Morgan fingerprint density at radius 1 is 0.971 bits per heavy atom. The molecule has 0 saturated carbocycles. The molecule has 0 fully saturated rings. The minimum Gasteiger partial charge on any atom is -0.337 e. The first kappa shape index (κ1) is 26.8. The molecule has 186 valence electrons. The maximum atomic E-state index is 13.1. The van der Waals surface area contributed by atoms with Gasteiger partial charge in [0, 0.05) is 11.8 Å². The van der Waals surface area contributed by atoms with E-state index in [1.807, 2.05) is 53.9 Å². The number of ketones is 1. The van der Waals surface area contributed by atoms with E-state index >= 15 is 0 Å². The minimum atomic E-state index is -0.560. The van der Waals surface area contributed by atoms with Crippen LogP contribution in [-0.2, 0) is 15.7 Å². The van der Waals surface area contributed by atoms with Gasteiger partial charge in [0.2, 0.25) is 0 Å². The van der Waals surface area contributed by atoms with Crippen molar-refractivity contribution in [1.29, 1.82) is 0 Å². The van der Waals surface area contributed by atoms with Crippen LogP contribution in [-0.4, -0.2) is 18.6 Å². The Morgan fingerprint density at radius 3 is 2.31 bits per heavy atom. The zero-order chi connectivity index (χ0) is 25.5. The second-order valence-electron chi connectivity index (χ2n) is 10.1. The molecule has 0 saturated heterocycles. The van der Waals surface area contributed by atoms with Crippen LogP contribution in [0.3, 0.4) is 0 Å². The van der Waals surface area contributed by atoms with Crippen LogP contribution >= 0.6 is 11.3 Å². The van der Waals surface area contributed by atoms with Gasteiger partial charge in [0.15, 0.2) is 11.5 Å². The zero-order valence-corrected chi connectivity index (χ0v) is 22.5. The summed E-state index contributed by atoms with van der Waals surface area (Å²) < 4.78 is 0. The molecule has 0 bridgehead atoms. The molecule has 0 aliphatic carbocycles. The van der Waals surface area contributed by atoms with Crippen molar-refractivity contribution in [2.45, 2.75) is 65.2 Å². The van der Waals surface area contributed by atoms with Gasteiger partial charge in [-0.15, -0.1) is 11.3 Å². The molecule has 1 aromatic heterocycles. The number of carbonyl (C=O) groups excluding carboxylic acids is 1. The van der Waals surface area contributed by atoms with Crippen LogP contribution in [0.15, 0.2) is 71.0 Å². The monoisotopic (exact) mass is 491 g/mol. The van der Waals surface area contributed by atoms with Crippen molar-refractivity contribution < 1.29 is 14.6 Å². The molecule has 0 amide bonds. The lowest BCUT2D eigenvalue weighted by atomic mass is 9.76. The number of rotatable bonds is 12. The average molecular weight is 492 g/mol. The van der Waals surface area contributed by atoms with Gasteiger partial charge < -0.3 is 4.89 Å². The summed E-state index contributed by atoms with van der Waals surface area (Å²) in [6, 6.07) is 19.6. The highest BCUT2D eigenvalue weighted by molar-refractivity contribution is 7.12. The van der Waals surface area contributed by atoms with Crippen molar-refractivity contribution in [2.24, 2.45) is 10.9 Å². The third-order valence-corrected chi connectivity index (χ3v) is 7.80. The summed E-state index contributed by atoms with van der Waals surface area (Å²) in [5.74, 6) is 0.0991. The number of para-hydroxylation sites is 1. The smallest absolute Gasteiger partial charge is 0.183 e. The summed E-state index contributed by atoms with van der Waals surface area (Å²) in [4.78, 5) is 29.9. The Hall–Kier alpha value is -2.76. The predicted molar refractivity (Wildman–Crippen MR) is 146 cm³/mol. The molecule has 0 aliphatic rings. The second-order valence-corrected chi connectivity index (χ2v) is 11.1. The van der Waals surface area contributed by atoms with Crippen molar-refractivity contribution in [1.82, 2.24) is 0 Å². The summed E-state index contributed by atoms with van der Waals surface area (Å²) >= 11 is 1.42. The van der Waals surface area contributed by atoms with Gasteiger partial charge in [0.05, 0.1) is 16.5 Å². The van der Waals surface area contributed by atoms with Crippen LogP contribution in [0.2, 0.25) is 0 Å². The molecule has 1 atom stereocenters. The summed E-state index contributed by atoms with van der Waals surface area (Å²) in [7, 11) is 0. The molecule has 4 nitrogen and oxygen atoms in total. The average Bonchev–Trinajstić information content (AvgIpc) is 3.41. The quantitative estimate of drug-likeness (QED) is 0.111. The fourth-order valence-corrected chi connectivity index (χ4v) is 4.32. The molecule has 0 radical (unpaired) electrons. The van der Waals surface area contributed by atoms with Gasteiger partial charge >= 0.3 is 0 Å². The molecule has 1 heterocycles. The van der Waals surface area contributed by atoms with Crippen molar-refractivity contribution in [3.63, 3.8) is 0 Å². The first-order valence-corrected chi connectivity index (χ1v) is 13.2. The standard InChI is InChI=1S/C30H37NO3S/c1-7-29(3,4)23-16-17-26(25(19-23)30(5,6)8-2)34-33-21-22(28(32)27-15-12-18-35-27)20-31-24-13-10-9-11-14-24/h9-20,22H,7-8,21H2,1-6H3. The van der Waals surface area contributed by atoms with Crippen LogP contribution in [0, 0.1) is 5.92 Å². The SMILES string of the molecule is CCC(C)(C)c1ccc(OOCC(C=Nc2ccccc2)C(=O)c2cccs2)c(C(C)(C)CC)c1. The van der Waals surface area contributed by atoms with E-state index in [9.17, 15) is 4.79 Å². The fraction of sp³-hybridized carbons (Fsp3) is 0.400. The van der Waals surface area contributed by atoms with Gasteiger partial charge in [-0.2, -0.15) is 4.89 Å². The first-order chi connectivity index (χ1) is 16.7. The molecule has 35 heavy (non-hydrogen) atoms. The van der Waals surface area contributed by atoms with E-state index in [0.717, 1.165) is 24.1 Å². The lowest BCUT2D eigenvalue weighted by molar-refractivity contribution is -0.209. The number of carbonyl (C=O) groups is 1. The maximum absolute atomic E-state index is 13.1. The molecule has 0 spiro atoms. The van der Waals surface area contributed by atoms with Crippen LogP contribution < -0.4 is 4.89 Å². The largest absolute Gasteiger partial charge is 0.337 e. The highest BCUT2D eigenvalue weighted by Crippen LogP contribution is 2.38. The molecule has 0 N–H and O–H groups in total. The summed E-state index contributed by atoms with van der Waals surface area (Å²) in [5, 5.41) is 1.90.